The second-order valence-corrected chi connectivity index (χ2v) is 30.8. The Morgan fingerprint density at radius 1 is 0.284 bits per heavy atom. The van der Waals surface area contributed by atoms with E-state index in [1.54, 1.807) is 0 Å². The zero-order valence-corrected chi connectivity index (χ0v) is 63.6. The van der Waals surface area contributed by atoms with E-state index in [9.17, 15) is 43.2 Å². The summed E-state index contributed by atoms with van der Waals surface area (Å²) in [6, 6.07) is 0. The number of esters is 4. The first kappa shape index (κ1) is 93.1. The van der Waals surface area contributed by atoms with Gasteiger partial charge in [-0.25, -0.2) is 9.13 Å². The van der Waals surface area contributed by atoms with E-state index >= 15 is 0 Å². The summed E-state index contributed by atoms with van der Waals surface area (Å²) < 4.78 is 68.4. The van der Waals surface area contributed by atoms with Crippen LogP contribution in [0.2, 0.25) is 0 Å². The second-order valence-electron chi connectivity index (χ2n) is 27.9. The van der Waals surface area contributed by atoms with E-state index in [0.29, 0.717) is 25.7 Å². The number of aliphatic hydroxyl groups excluding tert-OH is 1. The van der Waals surface area contributed by atoms with Crippen LogP contribution in [0.4, 0.5) is 0 Å². The normalized spacial score (nSPS) is 13.9. The molecule has 0 radical (unpaired) electrons. The van der Waals surface area contributed by atoms with Crippen molar-refractivity contribution >= 4 is 39.5 Å². The fourth-order valence-corrected chi connectivity index (χ4v) is 13.3. The van der Waals surface area contributed by atoms with Crippen molar-refractivity contribution < 1.29 is 80.2 Å². The molecule has 17 nitrogen and oxygen atoms in total. The lowest BCUT2D eigenvalue weighted by molar-refractivity contribution is -0.161. The van der Waals surface area contributed by atoms with Gasteiger partial charge in [0, 0.05) is 25.7 Å². The van der Waals surface area contributed by atoms with Crippen LogP contribution in [0.15, 0.2) is 0 Å². The van der Waals surface area contributed by atoms with E-state index in [-0.39, 0.29) is 25.7 Å². The van der Waals surface area contributed by atoms with Crippen LogP contribution in [0.25, 0.3) is 0 Å². The summed E-state index contributed by atoms with van der Waals surface area (Å²) in [4.78, 5) is 72.7. The minimum Gasteiger partial charge on any atom is -0.462 e. The first-order valence-electron chi connectivity index (χ1n) is 39.6. The number of unbranched alkanes of at least 4 members (excludes halogenated alkanes) is 48. The Hall–Kier alpha value is -1.94. The van der Waals surface area contributed by atoms with Gasteiger partial charge in [0.15, 0.2) is 12.2 Å². The summed E-state index contributed by atoms with van der Waals surface area (Å²) in [7, 11) is -9.90. The predicted octanol–water partition coefficient (Wildman–Crippen LogP) is 22.5. The van der Waals surface area contributed by atoms with E-state index in [0.717, 1.165) is 102 Å². The maximum absolute atomic E-state index is 13.1. The fraction of sp³-hybridized carbons (Fsp3) is 0.947. The highest BCUT2D eigenvalue weighted by Gasteiger charge is 2.30. The second kappa shape index (κ2) is 69.2. The van der Waals surface area contributed by atoms with Crippen molar-refractivity contribution in [2.45, 2.75) is 419 Å². The molecular formula is C76H148O17P2. The molecule has 0 aromatic rings. The summed E-state index contributed by atoms with van der Waals surface area (Å²) >= 11 is 0. The van der Waals surface area contributed by atoms with Crippen LogP contribution >= 0.6 is 15.6 Å². The topological polar surface area (TPSA) is 237 Å². The third-order valence-electron chi connectivity index (χ3n) is 17.8. The third kappa shape index (κ3) is 70.3. The largest absolute Gasteiger partial charge is 0.472 e. The van der Waals surface area contributed by atoms with Crippen molar-refractivity contribution in [1.82, 2.24) is 0 Å². The van der Waals surface area contributed by atoms with E-state index < -0.39 is 97.5 Å². The Labute approximate surface area is 581 Å². The number of phosphoric ester groups is 2. The van der Waals surface area contributed by atoms with Gasteiger partial charge in [0.1, 0.15) is 19.3 Å². The van der Waals surface area contributed by atoms with Gasteiger partial charge in [0.05, 0.1) is 26.4 Å². The molecule has 0 aliphatic rings. The minimum absolute atomic E-state index is 0.107. The minimum atomic E-state index is -4.96. The third-order valence-corrected chi connectivity index (χ3v) is 19.7. The molecule has 0 saturated heterocycles. The Morgan fingerprint density at radius 2 is 0.484 bits per heavy atom. The quantitative estimate of drug-likeness (QED) is 0.0222. The fourth-order valence-electron chi connectivity index (χ4n) is 11.7. The average molecular weight is 1400 g/mol. The Morgan fingerprint density at radius 3 is 0.716 bits per heavy atom. The standard InChI is InChI=1S/C76H148O17P2/c1-6-9-12-15-18-21-23-24-25-26-27-28-31-35-38-42-47-52-57-62-76(81)93-72(66-87-74(79)60-55-50-45-41-37-34-32-29-30-33-36-39-43-48-53-58-69(4)5)68-91-95(84,85)89-64-70(77)63-88-94(82,83)90-67-71(65-86-73(78)59-54-49-44-20-17-14-11-8-3)92-75(80)61-56-51-46-40-22-19-16-13-10-7-2/h69-72,77H,6-68H2,1-5H3,(H,82,83)(H,84,85)/t70-,71+,72+/m0/s1. The average Bonchev–Trinajstić information content (AvgIpc) is 1.30. The lowest BCUT2D eigenvalue weighted by Crippen LogP contribution is -2.30. The van der Waals surface area contributed by atoms with Gasteiger partial charge < -0.3 is 33.8 Å². The maximum atomic E-state index is 13.1. The van der Waals surface area contributed by atoms with Crippen molar-refractivity contribution in [2.75, 3.05) is 39.6 Å². The van der Waals surface area contributed by atoms with Crippen molar-refractivity contribution in [3.8, 4) is 0 Å². The first-order valence-corrected chi connectivity index (χ1v) is 42.6. The van der Waals surface area contributed by atoms with Crippen molar-refractivity contribution in [1.29, 1.82) is 0 Å². The molecule has 2 unspecified atom stereocenters. The smallest absolute Gasteiger partial charge is 0.462 e. The van der Waals surface area contributed by atoms with Gasteiger partial charge in [-0.15, -0.1) is 0 Å². The summed E-state index contributed by atoms with van der Waals surface area (Å²) in [5.41, 5.74) is 0. The molecule has 0 heterocycles. The van der Waals surface area contributed by atoms with Crippen molar-refractivity contribution in [3.05, 3.63) is 0 Å². The van der Waals surface area contributed by atoms with Crippen LogP contribution in [-0.4, -0.2) is 96.7 Å². The zero-order chi connectivity index (χ0) is 69.8. The molecule has 0 fully saturated rings. The highest BCUT2D eigenvalue weighted by atomic mass is 31.2. The molecule has 0 saturated carbocycles. The van der Waals surface area contributed by atoms with Crippen LogP contribution in [0, 0.1) is 5.92 Å². The SMILES string of the molecule is CCCCCCCCCCCCCCCCCCCCCC(=O)O[C@H](COC(=O)CCCCCCCCCCCCCCCCCC(C)C)COP(=O)(O)OC[C@@H](O)COP(=O)(O)OC[C@@H](COC(=O)CCCCCCCCCC)OC(=O)CCCCCCCCCCCC. The molecule has 5 atom stereocenters. The lowest BCUT2D eigenvalue weighted by atomic mass is 10.0. The Balaban J connectivity index is 5.18. The van der Waals surface area contributed by atoms with Crippen molar-refractivity contribution in [2.24, 2.45) is 5.92 Å². The maximum Gasteiger partial charge on any atom is 0.472 e. The molecule has 564 valence electrons. The van der Waals surface area contributed by atoms with E-state index in [4.69, 9.17) is 37.0 Å². The van der Waals surface area contributed by atoms with Crippen LogP contribution in [0.1, 0.15) is 401 Å². The monoisotopic (exact) mass is 1400 g/mol. The molecule has 0 rings (SSSR count). The summed E-state index contributed by atoms with van der Waals surface area (Å²) in [6.07, 6.45) is 58.4. The molecule has 0 amide bonds. The molecular weight excluding hydrogens is 1250 g/mol. The van der Waals surface area contributed by atoms with Crippen molar-refractivity contribution in [3.63, 3.8) is 0 Å². The number of hydrogen-bond acceptors (Lipinski definition) is 15. The number of phosphoric acid groups is 2. The number of ether oxygens (including phenoxy) is 4. The van der Waals surface area contributed by atoms with Gasteiger partial charge in [-0.2, -0.15) is 0 Å². The molecule has 0 bridgehead atoms. The van der Waals surface area contributed by atoms with E-state index in [2.05, 4.69) is 34.6 Å². The van der Waals surface area contributed by atoms with Gasteiger partial charge >= 0.3 is 39.5 Å². The van der Waals surface area contributed by atoms with E-state index in [1.807, 2.05) is 0 Å². The van der Waals surface area contributed by atoms with Crippen LogP contribution in [0.3, 0.4) is 0 Å². The van der Waals surface area contributed by atoms with Crippen LogP contribution < -0.4 is 0 Å². The first-order chi connectivity index (χ1) is 46.0. The summed E-state index contributed by atoms with van der Waals surface area (Å²) in [6.45, 7) is 7.28. The number of aliphatic hydroxyl groups is 1. The van der Waals surface area contributed by atoms with Gasteiger partial charge in [-0.1, -0.05) is 349 Å². The number of rotatable bonds is 76. The van der Waals surface area contributed by atoms with Crippen LogP contribution in [-0.2, 0) is 65.4 Å². The molecule has 0 aliphatic heterocycles. The number of carbonyl (C=O) groups is 4. The molecule has 0 aliphatic carbocycles. The highest BCUT2D eigenvalue weighted by molar-refractivity contribution is 7.47. The van der Waals surface area contributed by atoms with Crippen LogP contribution in [0.5, 0.6) is 0 Å². The molecule has 19 heteroatoms. The highest BCUT2D eigenvalue weighted by Crippen LogP contribution is 2.45. The molecule has 0 spiro atoms. The number of carbonyl (C=O) groups excluding carboxylic acids is 4. The van der Waals surface area contributed by atoms with Gasteiger partial charge in [0.2, 0.25) is 0 Å². The van der Waals surface area contributed by atoms with Gasteiger partial charge in [-0.3, -0.25) is 37.3 Å². The lowest BCUT2D eigenvalue weighted by Gasteiger charge is -2.21. The molecule has 3 N–H and O–H groups in total. The zero-order valence-electron chi connectivity index (χ0n) is 61.8. The van der Waals surface area contributed by atoms with E-state index in [1.165, 1.54) is 218 Å². The summed E-state index contributed by atoms with van der Waals surface area (Å²) in [5.74, 6) is -1.31. The predicted molar refractivity (Wildman–Crippen MR) is 386 cm³/mol. The summed E-state index contributed by atoms with van der Waals surface area (Å²) in [5, 5.41) is 10.6. The molecule has 0 aromatic carbocycles. The van der Waals surface area contributed by atoms with Gasteiger partial charge in [-0.05, 0) is 31.6 Å². The number of hydrogen-bond donors (Lipinski definition) is 3. The molecule has 95 heavy (non-hydrogen) atoms. The molecule has 0 aromatic heterocycles. The Kier molecular flexibility index (Phi) is 67.7. The van der Waals surface area contributed by atoms with Gasteiger partial charge in [0.25, 0.3) is 0 Å². The Bertz CT molecular complexity index is 1820.